The highest BCUT2D eigenvalue weighted by Gasteiger charge is 2.31. The standard InChI is InChI=1S/C20H19BrN4O3S/c1-12-17(24-19(29-12)15-5-3-9-28-15)20(27)25-8-2-4-13(11-25)18(26)23-16-7-6-14(21)10-22-16/h3,5-7,9-10,13H,2,4,8,11H2,1H3,(H,22,23,26). The number of carbonyl (C=O) groups is 2. The number of aryl methyl sites for hydroxylation is 1. The van der Waals surface area contributed by atoms with Crippen molar-refractivity contribution in [3.8, 4) is 10.8 Å². The molecule has 1 atom stereocenters. The molecule has 150 valence electrons. The van der Waals surface area contributed by atoms with Crippen LogP contribution >= 0.6 is 27.3 Å². The Kier molecular flexibility index (Phi) is 5.77. The topological polar surface area (TPSA) is 88.3 Å². The van der Waals surface area contributed by atoms with Gasteiger partial charge in [-0.25, -0.2) is 9.97 Å². The maximum Gasteiger partial charge on any atom is 0.273 e. The molecule has 0 saturated carbocycles. The van der Waals surface area contributed by atoms with E-state index >= 15 is 0 Å². The van der Waals surface area contributed by atoms with Crippen molar-refractivity contribution in [2.75, 3.05) is 18.4 Å². The van der Waals surface area contributed by atoms with Gasteiger partial charge in [0.15, 0.2) is 10.8 Å². The number of amides is 2. The third-order valence-corrected chi connectivity index (χ3v) is 6.24. The lowest BCUT2D eigenvalue weighted by atomic mass is 9.97. The van der Waals surface area contributed by atoms with Gasteiger partial charge in [0.1, 0.15) is 11.5 Å². The minimum absolute atomic E-state index is 0.122. The normalized spacial score (nSPS) is 16.6. The number of hydrogen-bond acceptors (Lipinski definition) is 6. The molecule has 0 bridgehead atoms. The van der Waals surface area contributed by atoms with Crippen LogP contribution in [-0.4, -0.2) is 39.8 Å². The van der Waals surface area contributed by atoms with Gasteiger partial charge in [-0.15, -0.1) is 11.3 Å². The van der Waals surface area contributed by atoms with Crippen molar-refractivity contribution in [3.05, 3.63) is 51.8 Å². The first-order valence-corrected chi connectivity index (χ1v) is 10.8. The van der Waals surface area contributed by atoms with Crippen LogP contribution in [0.5, 0.6) is 0 Å². The van der Waals surface area contributed by atoms with E-state index in [1.165, 1.54) is 11.3 Å². The highest BCUT2D eigenvalue weighted by molar-refractivity contribution is 9.10. The molecule has 4 rings (SSSR count). The van der Waals surface area contributed by atoms with Crippen molar-refractivity contribution in [2.45, 2.75) is 19.8 Å². The fourth-order valence-electron chi connectivity index (χ4n) is 3.30. The molecule has 1 fully saturated rings. The van der Waals surface area contributed by atoms with E-state index in [0.29, 0.717) is 35.4 Å². The van der Waals surface area contributed by atoms with Gasteiger partial charge in [0.05, 0.1) is 12.2 Å². The number of rotatable bonds is 4. The lowest BCUT2D eigenvalue weighted by molar-refractivity contribution is -0.121. The van der Waals surface area contributed by atoms with Crippen molar-refractivity contribution in [1.82, 2.24) is 14.9 Å². The number of nitrogens with one attached hydrogen (secondary N) is 1. The van der Waals surface area contributed by atoms with E-state index < -0.39 is 0 Å². The highest BCUT2D eigenvalue weighted by atomic mass is 79.9. The quantitative estimate of drug-likeness (QED) is 0.606. The Labute approximate surface area is 180 Å². The van der Waals surface area contributed by atoms with Gasteiger partial charge >= 0.3 is 0 Å². The maximum atomic E-state index is 13.1. The molecular formula is C20H19BrN4O3S. The largest absolute Gasteiger partial charge is 0.462 e. The molecule has 0 spiro atoms. The van der Waals surface area contributed by atoms with Crippen LogP contribution in [0.25, 0.3) is 10.8 Å². The number of hydrogen-bond donors (Lipinski definition) is 1. The molecule has 1 unspecified atom stereocenters. The van der Waals surface area contributed by atoms with Crippen molar-refractivity contribution >= 4 is 44.9 Å². The molecule has 3 aromatic heterocycles. The van der Waals surface area contributed by atoms with Gasteiger partial charge in [0, 0.05) is 28.6 Å². The first-order valence-electron chi connectivity index (χ1n) is 9.24. The summed E-state index contributed by atoms with van der Waals surface area (Å²) in [6.45, 7) is 2.87. The van der Waals surface area contributed by atoms with Crippen LogP contribution in [0.15, 0.2) is 45.6 Å². The summed E-state index contributed by atoms with van der Waals surface area (Å²) in [5.41, 5.74) is 0.428. The third kappa shape index (κ3) is 4.40. The number of halogens is 1. The SMILES string of the molecule is Cc1sc(-c2ccco2)nc1C(=O)N1CCCC(C(=O)Nc2ccc(Br)cn2)C1. The van der Waals surface area contributed by atoms with Crippen LogP contribution in [0.3, 0.4) is 0 Å². The van der Waals surface area contributed by atoms with Gasteiger partial charge in [-0.2, -0.15) is 0 Å². The molecule has 1 aliphatic rings. The first kappa shape index (κ1) is 19.8. The number of thiazole rings is 1. The van der Waals surface area contributed by atoms with Crippen molar-refractivity contribution in [1.29, 1.82) is 0 Å². The van der Waals surface area contributed by atoms with E-state index in [0.717, 1.165) is 22.2 Å². The summed E-state index contributed by atoms with van der Waals surface area (Å²) in [5, 5.41) is 3.52. The summed E-state index contributed by atoms with van der Waals surface area (Å²) in [4.78, 5) is 36.9. The molecule has 3 aromatic rings. The minimum atomic E-state index is -0.276. The lowest BCUT2D eigenvalue weighted by Crippen LogP contribution is -2.44. The number of carbonyl (C=O) groups excluding carboxylic acids is 2. The molecule has 29 heavy (non-hydrogen) atoms. The molecule has 1 saturated heterocycles. The molecule has 1 aliphatic heterocycles. The molecule has 0 aromatic carbocycles. The average Bonchev–Trinajstić information content (AvgIpc) is 3.39. The van der Waals surface area contributed by atoms with Crippen LogP contribution in [0.1, 0.15) is 28.2 Å². The number of pyridine rings is 1. The zero-order valence-corrected chi connectivity index (χ0v) is 18.1. The number of nitrogens with zero attached hydrogens (tertiary/aromatic N) is 3. The van der Waals surface area contributed by atoms with Gasteiger partial charge < -0.3 is 14.6 Å². The summed E-state index contributed by atoms with van der Waals surface area (Å²) >= 11 is 4.75. The molecule has 7 nitrogen and oxygen atoms in total. The summed E-state index contributed by atoms with van der Waals surface area (Å²) < 4.78 is 6.23. The maximum absolute atomic E-state index is 13.1. The van der Waals surface area contributed by atoms with Gasteiger partial charge in [0.2, 0.25) is 5.91 Å². The number of anilines is 1. The summed E-state index contributed by atoms with van der Waals surface area (Å²) in [5.74, 6) is 0.608. The van der Waals surface area contributed by atoms with Gasteiger partial charge in [-0.05, 0) is 60.0 Å². The molecular weight excluding hydrogens is 456 g/mol. The van der Waals surface area contributed by atoms with Crippen LogP contribution < -0.4 is 5.32 Å². The zero-order chi connectivity index (χ0) is 20.4. The zero-order valence-electron chi connectivity index (χ0n) is 15.7. The summed E-state index contributed by atoms with van der Waals surface area (Å²) in [6, 6.07) is 7.18. The second-order valence-corrected chi connectivity index (χ2v) is 8.96. The van der Waals surface area contributed by atoms with E-state index in [1.54, 1.807) is 29.5 Å². The Morgan fingerprint density at radius 1 is 1.34 bits per heavy atom. The first-order chi connectivity index (χ1) is 14.0. The van der Waals surface area contributed by atoms with E-state index in [2.05, 4.69) is 31.2 Å². The Morgan fingerprint density at radius 2 is 2.21 bits per heavy atom. The van der Waals surface area contributed by atoms with E-state index in [9.17, 15) is 9.59 Å². The van der Waals surface area contributed by atoms with Crippen molar-refractivity contribution < 1.29 is 14.0 Å². The van der Waals surface area contributed by atoms with Crippen molar-refractivity contribution in [2.24, 2.45) is 5.92 Å². The smallest absolute Gasteiger partial charge is 0.273 e. The second kappa shape index (κ2) is 8.46. The predicted molar refractivity (Wildman–Crippen MR) is 114 cm³/mol. The molecule has 0 aliphatic carbocycles. The van der Waals surface area contributed by atoms with E-state index in [1.807, 2.05) is 19.1 Å². The monoisotopic (exact) mass is 474 g/mol. The summed E-state index contributed by atoms with van der Waals surface area (Å²) in [6.07, 6.45) is 4.72. The van der Waals surface area contributed by atoms with Crippen LogP contribution in [0.4, 0.5) is 5.82 Å². The third-order valence-electron chi connectivity index (χ3n) is 4.79. The van der Waals surface area contributed by atoms with Crippen LogP contribution in [-0.2, 0) is 4.79 Å². The van der Waals surface area contributed by atoms with Gasteiger partial charge in [-0.3, -0.25) is 9.59 Å². The molecule has 9 heteroatoms. The highest BCUT2D eigenvalue weighted by Crippen LogP contribution is 2.29. The number of piperidine rings is 1. The minimum Gasteiger partial charge on any atom is -0.462 e. The average molecular weight is 475 g/mol. The number of furan rings is 1. The fraction of sp³-hybridized carbons (Fsp3) is 0.300. The second-order valence-electron chi connectivity index (χ2n) is 6.84. The van der Waals surface area contributed by atoms with E-state index in [4.69, 9.17) is 4.42 Å². The molecule has 0 radical (unpaired) electrons. The van der Waals surface area contributed by atoms with Crippen LogP contribution in [0, 0.1) is 12.8 Å². The Hall–Kier alpha value is -2.52. The summed E-state index contributed by atoms with van der Waals surface area (Å²) in [7, 11) is 0. The number of likely N-dealkylation sites (tertiary alicyclic amines) is 1. The molecule has 1 N–H and O–H groups in total. The Balaban J connectivity index is 1.44. The van der Waals surface area contributed by atoms with Crippen molar-refractivity contribution in [3.63, 3.8) is 0 Å². The molecule has 2 amide bonds. The fourth-order valence-corrected chi connectivity index (χ4v) is 4.41. The van der Waals surface area contributed by atoms with E-state index in [-0.39, 0.29) is 17.7 Å². The lowest BCUT2D eigenvalue weighted by Gasteiger charge is -2.31. The Bertz CT molecular complexity index is 1020. The van der Waals surface area contributed by atoms with Gasteiger partial charge in [0.25, 0.3) is 5.91 Å². The van der Waals surface area contributed by atoms with Gasteiger partial charge in [-0.1, -0.05) is 0 Å². The predicted octanol–water partition coefficient (Wildman–Crippen LogP) is 4.36. The van der Waals surface area contributed by atoms with Crippen LogP contribution in [0.2, 0.25) is 0 Å². The number of aromatic nitrogens is 2. The Morgan fingerprint density at radius 3 is 2.93 bits per heavy atom. The molecule has 4 heterocycles.